The third kappa shape index (κ3) is 4.99. The molecule has 0 spiro atoms. The smallest absolute Gasteiger partial charge is 0.337 e. The number of piperazine rings is 1. The number of aromatic carboxylic acids is 1. The second kappa shape index (κ2) is 9.34. The molecule has 9 heteroatoms. The Bertz CT molecular complexity index is 1330. The van der Waals surface area contributed by atoms with Crippen LogP contribution in [-0.2, 0) is 10.0 Å². The summed E-state index contributed by atoms with van der Waals surface area (Å²) in [6.45, 7) is 7.91. The lowest BCUT2D eigenvalue weighted by Crippen LogP contribution is -2.52. The number of carboxylic acids is 1. The fourth-order valence-electron chi connectivity index (χ4n) is 4.23. The largest absolute Gasteiger partial charge is 0.478 e. The van der Waals surface area contributed by atoms with Crippen LogP contribution in [0.1, 0.15) is 28.4 Å². The molecule has 2 heterocycles. The lowest BCUT2D eigenvalue weighted by Gasteiger charge is -2.42. The van der Waals surface area contributed by atoms with E-state index in [0.29, 0.717) is 18.9 Å². The van der Waals surface area contributed by atoms with Crippen molar-refractivity contribution in [1.29, 1.82) is 0 Å². The number of aromatic nitrogens is 1. The molecule has 1 atom stereocenters. The van der Waals surface area contributed by atoms with Crippen molar-refractivity contribution in [1.82, 2.24) is 4.98 Å². The molecule has 1 aromatic heterocycles. The minimum atomic E-state index is -3.93. The number of benzene rings is 2. The first-order chi connectivity index (χ1) is 16.1. The van der Waals surface area contributed by atoms with E-state index in [1.165, 1.54) is 23.9 Å². The van der Waals surface area contributed by atoms with Crippen LogP contribution in [0.15, 0.2) is 65.7 Å². The third-order valence-corrected chi connectivity index (χ3v) is 7.28. The average molecular weight is 481 g/mol. The number of hydrogen-bond acceptors (Lipinski definition) is 6. The van der Waals surface area contributed by atoms with Crippen molar-refractivity contribution in [2.75, 3.05) is 34.2 Å². The summed E-state index contributed by atoms with van der Waals surface area (Å²) in [6.07, 6.45) is 1.26. The van der Waals surface area contributed by atoms with E-state index in [1.54, 1.807) is 12.1 Å². The van der Waals surface area contributed by atoms with Crippen LogP contribution in [0.3, 0.4) is 0 Å². The fourth-order valence-corrected chi connectivity index (χ4v) is 5.38. The maximum Gasteiger partial charge on any atom is 0.337 e. The summed E-state index contributed by atoms with van der Waals surface area (Å²) >= 11 is 0. The Labute approximate surface area is 199 Å². The molecule has 0 bridgehead atoms. The van der Waals surface area contributed by atoms with Crippen LogP contribution < -0.4 is 14.5 Å². The van der Waals surface area contributed by atoms with E-state index in [1.807, 2.05) is 24.0 Å². The Morgan fingerprint density at radius 3 is 2.41 bits per heavy atom. The van der Waals surface area contributed by atoms with Crippen molar-refractivity contribution in [2.45, 2.75) is 31.7 Å². The van der Waals surface area contributed by atoms with Crippen LogP contribution in [0.25, 0.3) is 0 Å². The topological polar surface area (TPSA) is 103 Å². The Morgan fingerprint density at radius 1 is 1.06 bits per heavy atom. The zero-order chi connectivity index (χ0) is 24.5. The SMILES string of the molecule is Cc1cccc(N2CCN(c3ncc(C(=O)O)cc3NS(=O)(=O)c3cccc(C)c3)CC2C)c1. The van der Waals surface area contributed by atoms with Gasteiger partial charge in [0.1, 0.15) is 0 Å². The maximum absolute atomic E-state index is 13.1. The van der Waals surface area contributed by atoms with Gasteiger partial charge in [-0.2, -0.15) is 0 Å². The lowest BCUT2D eigenvalue weighted by molar-refractivity contribution is 0.0696. The number of anilines is 3. The van der Waals surface area contributed by atoms with Gasteiger partial charge in [-0.3, -0.25) is 4.72 Å². The molecular formula is C25H28N4O4S. The van der Waals surface area contributed by atoms with Gasteiger partial charge in [0.05, 0.1) is 16.1 Å². The van der Waals surface area contributed by atoms with Gasteiger partial charge < -0.3 is 14.9 Å². The number of hydrogen-bond donors (Lipinski definition) is 2. The number of aryl methyl sites for hydroxylation is 2. The Morgan fingerprint density at radius 2 is 1.76 bits per heavy atom. The summed E-state index contributed by atoms with van der Waals surface area (Å²) in [5.74, 6) is -0.760. The van der Waals surface area contributed by atoms with Gasteiger partial charge in [-0.1, -0.05) is 24.3 Å². The number of carboxylic acid groups (broad SMARTS) is 1. The number of sulfonamides is 1. The van der Waals surface area contributed by atoms with Gasteiger partial charge in [-0.25, -0.2) is 18.2 Å². The molecule has 3 aromatic rings. The molecule has 4 rings (SSSR count). The van der Waals surface area contributed by atoms with Gasteiger partial charge in [-0.15, -0.1) is 0 Å². The van der Waals surface area contributed by atoms with Crippen molar-refractivity contribution in [3.63, 3.8) is 0 Å². The molecule has 1 fully saturated rings. The summed E-state index contributed by atoms with van der Waals surface area (Å²) in [5, 5.41) is 9.45. The summed E-state index contributed by atoms with van der Waals surface area (Å²) < 4.78 is 28.8. The predicted octanol–water partition coefficient (Wildman–Crippen LogP) is 3.91. The highest BCUT2D eigenvalue weighted by atomic mass is 32.2. The first-order valence-electron chi connectivity index (χ1n) is 11.0. The number of carbonyl (C=O) groups is 1. The second-order valence-electron chi connectivity index (χ2n) is 8.65. The van der Waals surface area contributed by atoms with E-state index in [9.17, 15) is 18.3 Å². The van der Waals surface area contributed by atoms with Crippen LogP contribution >= 0.6 is 0 Å². The molecule has 178 valence electrons. The molecule has 0 aliphatic carbocycles. The van der Waals surface area contributed by atoms with Crippen LogP contribution in [0.5, 0.6) is 0 Å². The Balaban J connectivity index is 1.64. The zero-order valence-corrected chi connectivity index (χ0v) is 20.2. The quantitative estimate of drug-likeness (QED) is 0.551. The third-order valence-electron chi connectivity index (χ3n) is 5.92. The lowest BCUT2D eigenvalue weighted by atomic mass is 10.1. The molecule has 1 saturated heterocycles. The van der Waals surface area contributed by atoms with E-state index in [0.717, 1.165) is 17.8 Å². The molecule has 2 aromatic carbocycles. The van der Waals surface area contributed by atoms with E-state index < -0.39 is 16.0 Å². The minimum absolute atomic E-state index is 0.0860. The summed E-state index contributed by atoms with van der Waals surface area (Å²) in [4.78, 5) is 20.3. The molecule has 2 N–H and O–H groups in total. The normalized spacial score (nSPS) is 16.4. The van der Waals surface area contributed by atoms with E-state index in [4.69, 9.17) is 0 Å². The highest BCUT2D eigenvalue weighted by Gasteiger charge is 2.28. The van der Waals surface area contributed by atoms with Crippen LogP contribution in [0.4, 0.5) is 17.2 Å². The number of pyridine rings is 1. The molecular weight excluding hydrogens is 452 g/mol. The highest BCUT2D eigenvalue weighted by Crippen LogP contribution is 2.30. The van der Waals surface area contributed by atoms with Gasteiger partial charge in [0.2, 0.25) is 0 Å². The maximum atomic E-state index is 13.1. The summed E-state index contributed by atoms with van der Waals surface area (Å²) in [5.41, 5.74) is 3.20. The minimum Gasteiger partial charge on any atom is -0.478 e. The zero-order valence-electron chi connectivity index (χ0n) is 19.4. The van der Waals surface area contributed by atoms with Gasteiger partial charge in [0.15, 0.2) is 5.82 Å². The van der Waals surface area contributed by atoms with Crippen molar-refractivity contribution < 1.29 is 18.3 Å². The number of nitrogens with zero attached hydrogens (tertiary/aromatic N) is 3. The molecule has 1 unspecified atom stereocenters. The summed E-state index contributed by atoms with van der Waals surface area (Å²) in [7, 11) is -3.93. The molecule has 0 amide bonds. The monoisotopic (exact) mass is 480 g/mol. The van der Waals surface area contributed by atoms with Crippen molar-refractivity contribution >= 4 is 33.2 Å². The van der Waals surface area contributed by atoms with E-state index >= 15 is 0 Å². The first kappa shape index (κ1) is 23.6. The average Bonchev–Trinajstić information content (AvgIpc) is 2.78. The van der Waals surface area contributed by atoms with Gasteiger partial charge in [0, 0.05) is 37.6 Å². The van der Waals surface area contributed by atoms with Crippen LogP contribution in [0, 0.1) is 13.8 Å². The Hall–Kier alpha value is -3.59. The molecule has 0 saturated carbocycles. The second-order valence-corrected chi connectivity index (χ2v) is 10.3. The molecule has 1 aliphatic heterocycles. The van der Waals surface area contributed by atoms with Gasteiger partial charge in [-0.05, 0) is 62.2 Å². The van der Waals surface area contributed by atoms with E-state index in [-0.39, 0.29) is 22.2 Å². The van der Waals surface area contributed by atoms with Crippen molar-refractivity contribution in [3.05, 3.63) is 77.5 Å². The standard InChI is InChI=1S/C25H28N4O4S/c1-17-6-4-8-21(12-17)29-11-10-28(16-19(29)3)24-23(14-20(15-26-24)25(30)31)27-34(32,33)22-9-5-7-18(2)13-22/h4-9,12-15,19,27H,10-11,16H2,1-3H3,(H,30,31). The number of nitrogens with one attached hydrogen (secondary N) is 1. The van der Waals surface area contributed by atoms with Crippen molar-refractivity contribution in [3.8, 4) is 0 Å². The molecule has 34 heavy (non-hydrogen) atoms. The summed E-state index contributed by atoms with van der Waals surface area (Å²) in [6, 6.07) is 16.3. The van der Waals surface area contributed by atoms with Crippen LogP contribution in [-0.4, -0.2) is 50.2 Å². The Kier molecular flexibility index (Phi) is 6.47. The van der Waals surface area contributed by atoms with Crippen molar-refractivity contribution in [2.24, 2.45) is 0 Å². The fraction of sp³-hybridized carbons (Fsp3) is 0.280. The van der Waals surface area contributed by atoms with Gasteiger partial charge in [0.25, 0.3) is 10.0 Å². The van der Waals surface area contributed by atoms with Gasteiger partial charge >= 0.3 is 5.97 Å². The first-order valence-corrected chi connectivity index (χ1v) is 12.5. The molecule has 0 radical (unpaired) electrons. The van der Waals surface area contributed by atoms with Crippen LogP contribution in [0.2, 0.25) is 0 Å². The molecule has 1 aliphatic rings. The predicted molar refractivity (Wildman–Crippen MR) is 133 cm³/mol. The molecule has 8 nitrogen and oxygen atoms in total. The number of rotatable bonds is 6. The van der Waals surface area contributed by atoms with E-state index in [2.05, 4.69) is 46.7 Å². The highest BCUT2D eigenvalue weighted by molar-refractivity contribution is 7.92.